The molecule has 84 valence electrons. The topological polar surface area (TPSA) is 38.9 Å². The van der Waals surface area contributed by atoms with Crippen molar-refractivity contribution in [3.8, 4) is 0 Å². The van der Waals surface area contributed by atoms with Gasteiger partial charge in [0.25, 0.3) is 0 Å². The van der Waals surface area contributed by atoms with E-state index >= 15 is 0 Å². The van der Waals surface area contributed by atoms with Gasteiger partial charge in [-0.3, -0.25) is 0 Å². The number of nitrogen functional groups attached to an aromatic ring is 1. The molecule has 0 spiro atoms. The number of benzene rings is 1. The standard InChI is InChI=1S/C12H13BrN2S/c1-8-11(16-12(14)15-8)7-4-9-2-5-10(13)6-3-9/h2-3,5-6H,4,7H2,1H3,(H2,14,15). The number of halogens is 1. The minimum Gasteiger partial charge on any atom is -0.375 e. The van der Waals surface area contributed by atoms with Crippen molar-refractivity contribution < 1.29 is 0 Å². The van der Waals surface area contributed by atoms with Crippen LogP contribution in [0.4, 0.5) is 5.13 Å². The molecule has 2 aromatic rings. The molecule has 0 aliphatic heterocycles. The van der Waals surface area contributed by atoms with Gasteiger partial charge in [-0.15, -0.1) is 11.3 Å². The molecule has 4 heteroatoms. The molecular formula is C12H13BrN2S. The van der Waals surface area contributed by atoms with Gasteiger partial charge in [-0.2, -0.15) is 0 Å². The smallest absolute Gasteiger partial charge is 0.180 e. The highest BCUT2D eigenvalue weighted by atomic mass is 79.9. The molecule has 1 heterocycles. The van der Waals surface area contributed by atoms with Gasteiger partial charge in [0.15, 0.2) is 5.13 Å². The molecule has 16 heavy (non-hydrogen) atoms. The maximum atomic E-state index is 5.67. The summed E-state index contributed by atoms with van der Waals surface area (Å²) in [4.78, 5) is 5.52. The minimum absolute atomic E-state index is 0.670. The second kappa shape index (κ2) is 4.97. The maximum absolute atomic E-state index is 5.67. The third-order valence-electron chi connectivity index (χ3n) is 2.46. The summed E-state index contributed by atoms with van der Waals surface area (Å²) in [6.45, 7) is 2.02. The number of aryl methyl sites for hydroxylation is 3. The Bertz CT molecular complexity index is 476. The molecular weight excluding hydrogens is 284 g/mol. The number of thiazole rings is 1. The average molecular weight is 297 g/mol. The SMILES string of the molecule is Cc1nc(N)sc1CCc1ccc(Br)cc1. The van der Waals surface area contributed by atoms with Crippen molar-refractivity contribution in [2.24, 2.45) is 0 Å². The van der Waals surface area contributed by atoms with Crippen molar-refractivity contribution in [2.45, 2.75) is 19.8 Å². The van der Waals surface area contributed by atoms with Crippen LogP contribution in [0.2, 0.25) is 0 Å². The fourth-order valence-corrected chi connectivity index (χ4v) is 2.69. The largest absolute Gasteiger partial charge is 0.375 e. The molecule has 0 saturated carbocycles. The Labute approximate surface area is 108 Å². The Morgan fingerprint density at radius 1 is 1.25 bits per heavy atom. The number of hydrogen-bond donors (Lipinski definition) is 1. The van der Waals surface area contributed by atoms with E-state index in [1.54, 1.807) is 11.3 Å². The third-order valence-corrected chi connectivity index (χ3v) is 4.04. The van der Waals surface area contributed by atoms with E-state index in [1.165, 1.54) is 10.4 Å². The van der Waals surface area contributed by atoms with Gasteiger partial charge >= 0.3 is 0 Å². The summed E-state index contributed by atoms with van der Waals surface area (Å²) >= 11 is 5.03. The first-order chi connectivity index (χ1) is 7.65. The maximum Gasteiger partial charge on any atom is 0.180 e. The fraction of sp³-hybridized carbons (Fsp3) is 0.250. The highest BCUT2D eigenvalue weighted by Gasteiger charge is 2.05. The molecule has 0 amide bonds. The van der Waals surface area contributed by atoms with Crippen LogP contribution in [0, 0.1) is 6.92 Å². The number of aromatic nitrogens is 1. The number of anilines is 1. The van der Waals surface area contributed by atoms with Gasteiger partial charge in [-0.1, -0.05) is 28.1 Å². The molecule has 2 nitrogen and oxygen atoms in total. The van der Waals surface area contributed by atoms with Gasteiger partial charge in [-0.05, 0) is 37.5 Å². The molecule has 2 rings (SSSR count). The lowest BCUT2D eigenvalue weighted by molar-refractivity contribution is 0.962. The van der Waals surface area contributed by atoms with Crippen molar-refractivity contribution in [3.63, 3.8) is 0 Å². The van der Waals surface area contributed by atoms with Crippen LogP contribution in [0.1, 0.15) is 16.1 Å². The van der Waals surface area contributed by atoms with Crippen molar-refractivity contribution in [1.29, 1.82) is 0 Å². The van der Waals surface area contributed by atoms with Crippen LogP contribution in [0.5, 0.6) is 0 Å². The Morgan fingerprint density at radius 2 is 1.94 bits per heavy atom. The third kappa shape index (κ3) is 2.83. The predicted molar refractivity (Wildman–Crippen MR) is 72.8 cm³/mol. The van der Waals surface area contributed by atoms with E-state index in [0.29, 0.717) is 5.13 Å². The molecule has 0 saturated heterocycles. The molecule has 0 atom stereocenters. The number of rotatable bonds is 3. The summed E-state index contributed by atoms with van der Waals surface area (Å²) in [6.07, 6.45) is 2.05. The first-order valence-corrected chi connectivity index (χ1v) is 6.72. The molecule has 1 aromatic heterocycles. The van der Waals surface area contributed by atoms with Crippen LogP contribution in [0.25, 0.3) is 0 Å². The van der Waals surface area contributed by atoms with E-state index in [0.717, 1.165) is 23.0 Å². The van der Waals surface area contributed by atoms with Crippen molar-refractivity contribution >= 4 is 32.4 Å². The van der Waals surface area contributed by atoms with Crippen LogP contribution in [-0.2, 0) is 12.8 Å². The fourth-order valence-electron chi connectivity index (χ4n) is 1.59. The van der Waals surface area contributed by atoms with Crippen LogP contribution in [0.15, 0.2) is 28.7 Å². The molecule has 0 radical (unpaired) electrons. The Balaban J connectivity index is 2.02. The summed E-state index contributed by atoms with van der Waals surface area (Å²) in [5, 5.41) is 0.670. The van der Waals surface area contributed by atoms with E-state index in [2.05, 4.69) is 45.2 Å². The number of hydrogen-bond acceptors (Lipinski definition) is 3. The highest BCUT2D eigenvalue weighted by molar-refractivity contribution is 9.10. The van der Waals surface area contributed by atoms with Gasteiger partial charge in [0.2, 0.25) is 0 Å². The lowest BCUT2D eigenvalue weighted by Gasteiger charge is -2.00. The normalized spacial score (nSPS) is 10.6. The van der Waals surface area contributed by atoms with Crippen molar-refractivity contribution in [2.75, 3.05) is 5.73 Å². The second-order valence-electron chi connectivity index (χ2n) is 3.69. The zero-order chi connectivity index (χ0) is 11.5. The second-order valence-corrected chi connectivity index (χ2v) is 5.72. The first kappa shape index (κ1) is 11.6. The molecule has 0 unspecified atom stereocenters. The predicted octanol–water partition coefficient (Wildman–Crippen LogP) is 3.58. The zero-order valence-corrected chi connectivity index (χ0v) is 11.4. The Hall–Kier alpha value is -0.870. The minimum atomic E-state index is 0.670. The quantitative estimate of drug-likeness (QED) is 0.940. The van der Waals surface area contributed by atoms with Crippen LogP contribution >= 0.6 is 27.3 Å². The van der Waals surface area contributed by atoms with Gasteiger partial charge in [0.05, 0.1) is 5.69 Å². The molecule has 2 N–H and O–H groups in total. The zero-order valence-electron chi connectivity index (χ0n) is 9.03. The molecule has 0 aliphatic carbocycles. The summed E-state index contributed by atoms with van der Waals surface area (Å²) in [7, 11) is 0. The van der Waals surface area contributed by atoms with E-state index < -0.39 is 0 Å². The van der Waals surface area contributed by atoms with Gasteiger partial charge < -0.3 is 5.73 Å². The van der Waals surface area contributed by atoms with E-state index in [-0.39, 0.29) is 0 Å². The van der Waals surface area contributed by atoms with E-state index in [9.17, 15) is 0 Å². The van der Waals surface area contributed by atoms with Crippen molar-refractivity contribution in [1.82, 2.24) is 4.98 Å². The monoisotopic (exact) mass is 296 g/mol. The van der Waals surface area contributed by atoms with Gasteiger partial charge in [0.1, 0.15) is 0 Å². The summed E-state index contributed by atoms with van der Waals surface area (Å²) < 4.78 is 1.12. The van der Waals surface area contributed by atoms with Gasteiger partial charge in [-0.25, -0.2) is 4.98 Å². The molecule has 0 aliphatic rings. The highest BCUT2D eigenvalue weighted by Crippen LogP contribution is 2.21. The molecule has 1 aromatic carbocycles. The first-order valence-electron chi connectivity index (χ1n) is 5.11. The van der Waals surface area contributed by atoms with Gasteiger partial charge in [0, 0.05) is 9.35 Å². The van der Waals surface area contributed by atoms with Crippen molar-refractivity contribution in [3.05, 3.63) is 44.9 Å². The number of nitrogens with two attached hydrogens (primary N) is 1. The Kier molecular flexibility index (Phi) is 3.61. The van der Waals surface area contributed by atoms with Crippen LogP contribution in [0.3, 0.4) is 0 Å². The van der Waals surface area contributed by atoms with E-state index in [4.69, 9.17) is 5.73 Å². The lowest BCUT2D eigenvalue weighted by atomic mass is 10.1. The summed E-state index contributed by atoms with van der Waals surface area (Å²) in [5.74, 6) is 0. The molecule has 0 fully saturated rings. The van der Waals surface area contributed by atoms with E-state index in [1.807, 2.05) is 6.92 Å². The Morgan fingerprint density at radius 3 is 2.50 bits per heavy atom. The molecule has 0 bridgehead atoms. The number of nitrogens with zero attached hydrogens (tertiary/aromatic N) is 1. The summed E-state index contributed by atoms with van der Waals surface area (Å²) in [6, 6.07) is 8.43. The van der Waals surface area contributed by atoms with Crippen LogP contribution in [-0.4, -0.2) is 4.98 Å². The van der Waals surface area contributed by atoms with Crippen LogP contribution < -0.4 is 5.73 Å². The average Bonchev–Trinajstić information content (AvgIpc) is 2.57. The summed E-state index contributed by atoms with van der Waals surface area (Å²) in [5.41, 5.74) is 8.08. The lowest BCUT2D eigenvalue weighted by Crippen LogP contribution is -1.90.